The Morgan fingerprint density at radius 2 is 1.53 bits per heavy atom. The fourth-order valence-corrected chi connectivity index (χ4v) is 4.66. The van der Waals surface area contributed by atoms with Gasteiger partial charge in [-0.3, -0.25) is 9.36 Å². The number of anilines is 1. The van der Waals surface area contributed by atoms with E-state index in [-0.39, 0.29) is 5.56 Å². The number of pyridine rings is 1. The van der Waals surface area contributed by atoms with Crippen molar-refractivity contribution in [3.63, 3.8) is 0 Å². The topological polar surface area (TPSA) is 62.4 Å². The third-order valence-electron chi connectivity index (χ3n) is 6.76. The van der Waals surface area contributed by atoms with Gasteiger partial charge in [0.05, 0.1) is 18.0 Å². The lowest BCUT2D eigenvalue weighted by atomic mass is 10.0. The van der Waals surface area contributed by atoms with Crippen molar-refractivity contribution in [3.05, 3.63) is 101 Å². The zero-order valence-electron chi connectivity index (χ0n) is 22.2. The van der Waals surface area contributed by atoms with Crippen LogP contribution in [-0.2, 0) is 0 Å². The summed E-state index contributed by atoms with van der Waals surface area (Å²) in [4.78, 5) is 18.4. The molecule has 0 spiro atoms. The molecule has 7 nitrogen and oxygen atoms in total. The first-order valence-corrected chi connectivity index (χ1v) is 13.0. The Kier molecular flexibility index (Phi) is 7.65. The molecule has 0 saturated carbocycles. The van der Waals surface area contributed by atoms with Crippen LogP contribution in [0.1, 0.15) is 12.5 Å². The van der Waals surface area contributed by atoms with Crippen molar-refractivity contribution in [1.82, 2.24) is 9.47 Å². The average molecular weight is 508 g/mol. The highest BCUT2D eigenvalue weighted by atomic mass is 16.5. The molecular formula is C31H33N5O2. The molecule has 0 radical (unpaired) electrons. The fraction of sp³-hybridized carbons (Fsp3) is 0.258. The maximum atomic E-state index is 13.8. The minimum atomic E-state index is -0.108. The van der Waals surface area contributed by atoms with Crippen LogP contribution in [0, 0.1) is 6.92 Å². The Labute approximate surface area is 223 Å². The molecule has 7 heteroatoms. The molecule has 0 aliphatic carbocycles. The molecule has 1 aromatic heterocycles. The number of para-hydroxylation sites is 1. The van der Waals surface area contributed by atoms with Crippen LogP contribution < -0.4 is 15.2 Å². The smallest absolute Gasteiger partial charge is 0.257 e. The van der Waals surface area contributed by atoms with Crippen molar-refractivity contribution in [1.29, 1.82) is 0 Å². The number of likely N-dealkylation sites (N-methyl/N-ethyl adjacent to an activating group) is 1. The molecular weight excluding hydrogens is 474 g/mol. The van der Waals surface area contributed by atoms with E-state index in [1.807, 2.05) is 92.7 Å². The van der Waals surface area contributed by atoms with Crippen LogP contribution in [-0.4, -0.2) is 49.3 Å². The zero-order valence-corrected chi connectivity index (χ0v) is 22.2. The van der Waals surface area contributed by atoms with Gasteiger partial charge in [-0.1, -0.05) is 48.0 Å². The number of benzene rings is 3. The number of hydrogen-bond acceptors (Lipinski definition) is 6. The van der Waals surface area contributed by atoms with Crippen molar-refractivity contribution in [3.8, 4) is 22.6 Å². The van der Waals surface area contributed by atoms with Crippen molar-refractivity contribution in [2.45, 2.75) is 13.8 Å². The number of nitrogens with zero attached hydrogens (tertiary/aromatic N) is 5. The summed E-state index contributed by atoms with van der Waals surface area (Å²) in [6.45, 7) is 7.95. The normalized spacial score (nSPS) is 14.2. The molecule has 0 bridgehead atoms. The molecule has 1 fully saturated rings. The Morgan fingerprint density at radius 3 is 2.18 bits per heavy atom. The molecule has 194 valence electrons. The molecule has 0 amide bonds. The van der Waals surface area contributed by atoms with Gasteiger partial charge in [0.25, 0.3) is 5.56 Å². The van der Waals surface area contributed by atoms with Crippen LogP contribution in [0.3, 0.4) is 0 Å². The van der Waals surface area contributed by atoms with Crippen LogP contribution in [0.5, 0.6) is 5.75 Å². The van der Waals surface area contributed by atoms with Crippen LogP contribution >= 0.6 is 0 Å². The quantitative estimate of drug-likeness (QED) is 0.272. The Balaban J connectivity index is 1.75. The summed E-state index contributed by atoms with van der Waals surface area (Å²) in [5.74, 6) is 1.55. The molecule has 1 saturated heterocycles. The van der Waals surface area contributed by atoms with Crippen LogP contribution in [0.25, 0.3) is 16.8 Å². The number of azo groups is 1. The van der Waals surface area contributed by atoms with Gasteiger partial charge in [0.2, 0.25) is 0 Å². The van der Waals surface area contributed by atoms with Gasteiger partial charge in [0.1, 0.15) is 17.3 Å². The summed E-state index contributed by atoms with van der Waals surface area (Å²) < 4.78 is 7.42. The third kappa shape index (κ3) is 5.53. The van der Waals surface area contributed by atoms with Gasteiger partial charge in [-0.2, -0.15) is 5.11 Å². The first kappa shape index (κ1) is 25.4. The number of aryl methyl sites for hydroxylation is 1. The Bertz CT molecular complexity index is 1450. The van der Waals surface area contributed by atoms with E-state index in [0.717, 1.165) is 65.8 Å². The Hall–Kier alpha value is -4.23. The van der Waals surface area contributed by atoms with Gasteiger partial charge >= 0.3 is 0 Å². The maximum absolute atomic E-state index is 13.8. The molecule has 38 heavy (non-hydrogen) atoms. The largest absolute Gasteiger partial charge is 0.494 e. The SMILES string of the molecule is CCOc1ccc(-c2cc(=O)n(-c3ccccc3)c(N3CCN(C)CC3)c2N=Nc2ccc(C)cc2)cc1. The second-order valence-corrected chi connectivity index (χ2v) is 9.52. The van der Waals surface area contributed by atoms with Gasteiger partial charge in [-0.05, 0) is 62.9 Å². The highest BCUT2D eigenvalue weighted by molar-refractivity contribution is 5.84. The van der Waals surface area contributed by atoms with Crippen LogP contribution in [0.15, 0.2) is 100.0 Å². The zero-order chi connectivity index (χ0) is 26.5. The molecule has 0 atom stereocenters. The molecule has 5 rings (SSSR count). The predicted molar refractivity (Wildman–Crippen MR) is 154 cm³/mol. The minimum absolute atomic E-state index is 0.108. The van der Waals surface area contributed by atoms with Gasteiger partial charge in [-0.25, -0.2) is 0 Å². The van der Waals surface area contributed by atoms with Gasteiger partial charge < -0.3 is 14.5 Å². The fourth-order valence-electron chi connectivity index (χ4n) is 4.66. The minimum Gasteiger partial charge on any atom is -0.494 e. The highest BCUT2D eigenvalue weighted by Gasteiger charge is 2.25. The third-order valence-corrected chi connectivity index (χ3v) is 6.76. The van der Waals surface area contributed by atoms with E-state index in [1.165, 1.54) is 0 Å². The highest BCUT2D eigenvalue weighted by Crippen LogP contribution is 2.40. The molecule has 2 heterocycles. The Morgan fingerprint density at radius 1 is 0.842 bits per heavy atom. The van der Waals surface area contributed by atoms with E-state index in [4.69, 9.17) is 9.85 Å². The summed E-state index contributed by atoms with van der Waals surface area (Å²) >= 11 is 0. The van der Waals surface area contributed by atoms with E-state index >= 15 is 0 Å². The average Bonchev–Trinajstić information content (AvgIpc) is 2.94. The molecule has 1 aliphatic rings. The van der Waals surface area contributed by atoms with E-state index in [0.29, 0.717) is 12.3 Å². The predicted octanol–water partition coefficient (Wildman–Crippen LogP) is 6.38. The first-order chi connectivity index (χ1) is 18.5. The van der Waals surface area contributed by atoms with Crippen LogP contribution in [0.4, 0.5) is 17.2 Å². The van der Waals surface area contributed by atoms with Gasteiger partial charge in [-0.15, -0.1) is 5.11 Å². The van der Waals surface area contributed by atoms with Gasteiger partial charge in [0, 0.05) is 37.8 Å². The number of piperazine rings is 1. The molecule has 4 aromatic rings. The summed E-state index contributed by atoms with van der Waals surface area (Å²) in [7, 11) is 2.12. The first-order valence-electron chi connectivity index (χ1n) is 13.0. The van der Waals surface area contributed by atoms with Crippen molar-refractivity contribution < 1.29 is 4.74 Å². The second kappa shape index (κ2) is 11.4. The van der Waals surface area contributed by atoms with Gasteiger partial charge in [0.15, 0.2) is 0 Å². The summed E-state index contributed by atoms with van der Waals surface area (Å²) in [6.07, 6.45) is 0. The maximum Gasteiger partial charge on any atom is 0.257 e. The van der Waals surface area contributed by atoms with Crippen molar-refractivity contribution in [2.24, 2.45) is 10.2 Å². The standard InChI is InChI=1S/C31H33N5O2/c1-4-38-27-16-12-24(13-17-27)28-22-29(37)36(26-8-6-5-7-9-26)31(35-20-18-34(3)19-21-35)30(28)33-32-25-14-10-23(2)11-15-25/h5-17,22H,4,18-21H2,1-3H3. The summed E-state index contributed by atoms with van der Waals surface area (Å²) in [5.41, 5.74) is 4.92. The second-order valence-electron chi connectivity index (χ2n) is 9.52. The summed E-state index contributed by atoms with van der Waals surface area (Å²) in [5, 5.41) is 9.47. The molecule has 0 N–H and O–H groups in total. The monoisotopic (exact) mass is 507 g/mol. The van der Waals surface area contributed by atoms with E-state index < -0.39 is 0 Å². The number of hydrogen-bond donors (Lipinski definition) is 0. The molecule has 0 unspecified atom stereocenters. The number of aromatic nitrogens is 1. The van der Waals surface area contributed by atoms with E-state index in [1.54, 1.807) is 10.6 Å². The van der Waals surface area contributed by atoms with Crippen LogP contribution in [0.2, 0.25) is 0 Å². The van der Waals surface area contributed by atoms with Crippen molar-refractivity contribution in [2.75, 3.05) is 44.7 Å². The number of rotatable bonds is 7. The summed E-state index contributed by atoms with van der Waals surface area (Å²) in [6, 6.07) is 27.2. The lowest BCUT2D eigenvalue weighted by Crippen LogP contribution is -2.46. The molecule has 1 aliphatic heterocycles. The van der Waals surface area contributed by atoms with E-state index in [2.05, 4.69) is 22.0 Å². The lowest BCUT2D eigenvalue weighted by molar-refractivity contribution is 0.311. The number of ether oxygens (including phenoxy) is 1. The lowest BCUT2D eigenvalue weighted by Gasteiger charge is -2.36. The molecule has 3 aromatic carbocycles. The van der Waals surface area contributed by atoms with E-state index in [9.17, 15) is 4.79 Å². The van der Waals surface area contributed by atoms with Crippen molar-refractivity contribution >= 4 is 17.2 Å².